The summed E-state index contributed by atoms with van der Waals surface area (Å²) in [5, 5.41) is 38.7. The van der Waals surface area contributed by atoms with Crippen molar-refractivity contribution in [2.45, 2.75) is 13.3 Å². The number of aromatic hydroxyl groups is 4. The van der Waals surface area contributed by atoms with Gasteiger partial charge in [0.05, 0.1) is 34.0 Å². The van der Waals surface area contributed by atoms with Crippen molar-refractivity contribution in [1.29, 1.82) is 0 Å². The molecule has 0 aliphatic rings. The van der Waals surface area contributed by atoms with Crippen LogP contribution in [-0.4, -0.2) is 48.9 Å². The Morgan fingerprint density at radius 1 is 0.682 bits per heavy atom. The molecule has 0 fully saturated rings. The fourth-order valence-corrected chi connectivity index (χ4v) is 4.12. The van der Waals surface area contributed by atoms with Crippen LogP contribution >= 0.6 is 0 Å². The lowest BCUT2D eigenvalue weighted by atomic mass is 9.98. The van der Waals surface area contributed by atoms with Gasteiger partial charge in [0.2, 0.25) is 0 Å². The molecule has 4 rings (SSSR count). The van der Waals surface area contributed by atoms with Crippen molar-refractivity contribution in [3.05, 3.63) is 114 Å². The highest BCUT2D eigenvalue weighted by atomic mass is 16.5. The molecule has 4 N–H and O–H groups in total. The van der Waals surface area contributed by atoms with Gasteiger partial charge in [0.15, 0.2) is 23.0 Å². The Bertz CT molecular complexity index is 1590. The van der Waals surface area contributed by atoms with Crippen molar-refractivity contribution >= 4 is 17.7 Å². The van der Waals surface area contributed by atoms with Crippen LogP contribution in [0.15, 0.2) is 86.5 Å². The molecule has 0 unspecified atom stereocenters. The zero-order valence-electron chi connectivity index (χ0n) is 25.8. The number of benzene rings is 4. The van der Waals surface area contributed by atoms with Crippen molar-refractivity contribution in [2.75, 3.05) is 28.4 Å². The highest BCUT2D eigenvalue weighted by molar-refractivity contribution is 5.73. The van der Waals surface area contributed by atoms with E-state index >= 15 is 0 Å². The summed E-state index contributed by atoms with van der Waals surface area (Å²) in [7, 11) is 6.10. The normalized spacial score (nSPS) is 9.75. The second kappa shape index (κ2) is 16.8. The maximum Gasteiger partial charge on any atom is 0.171 e. The maximum absolute atomic E-state index is 10.1. The van der Waals surface area contributed by atoms with Crippen LogP contribution in [-0.2, 0) is 6.42 Å². The number of ether oxygens (including phenoxy) is 4. The van der Waals surface area contributed by atoms with Gasteiger partial charge in [-0.25, -0.2) is 0 Å². The van der Waals surface area contributed by atoms with E-state index in [1.807, 2.05) is 37.3 Å². The number of hydrogen-bond acceptors (Lipinski definition) is 8. The molecular formula is C36H40O8. The summed E-state index contributed by atoms with van der Waals surface area (Å²) < 4.78 is 20.5. The molecule has 232 valence electrons. The van der Waals surface area contributed by atoms with E-state index in [1.165, 1.54) is 33.5 Å². The van der Waals surface area contributed by atoms with E-state index in [0.717, 1.165) is 16.7 Å². The number of phenols is 4. The molecule has 0 aromatic heterocycles. The lowest BCUT2D eigenvalue weighted by molar-refractivity contribution is 0.350. The molecule has 0 aliphatic heterocycles. The van der Waals surface area contributed by atoms with E-state index in [4.69, 9.17) is 18.9 Å². The molecule has 0 radical (unpaired) electrons. The van der Waals surface area contributed by atoms with Gasteiger partial charge in [-0.3, -0.25) is 0 Å². The molecule has 0 aliphatic carbocycles. The molecule has 44 heavy (non-hydrogen) atoms. The molecule has 0 atom stereocenters. The van der Waals surface area contributed by atoms with Crippen molar-refractivity contribution in [1.82, 2.24) is 0 Å². The molecule has 0 saturated heterocycles. The molecule has 0 spiro atoms. The summed E-state index contributed by atoms with van der Waals surface area (Å²) in [6.07, 6.45) is 3.59. The van der Waals surface area contributed by atoms with Gasteiger partial charge >= 0.3 is 0 Å². The average molecular weight is 601 g/mol. The van der Waals surface area contributed by atoms with Gasteiger partial charge < -0.3 is 39.4 Å². The summed E-state index contributed by atoms with van der Waals surface area (Å²) in [4.78, 5) is 0. The number of allylic oxidation sites excluding steroid dienone is 1. The fraction of sp³-hybridized carbons (Fsp3) is 0.167. The van der Waals surface area contributed by atoms with Crippen LogP contribution in [0.4, 0.5) is 0 Å². The first kappa shape index (κ1) is 34.7. The molecule has 4 aromatic carbocycles. The number of methoxy groups -OCH3 is 4. The van der Waals surface area contributed by atoms with E-state index in [1.54, 1.807) is 43.5 Å². The second-order valence-electron chi connectivity index (χ2n) is 9.29. The molecule has 0 saturated carbocycles. The molecule has 0 heterocycles. The Balaban J connectivity index is 0.000000250. The Kier molecular flexibility index (Phi) is 13.3. The highest BCUT2D eigenvalue weighted by Crippen LogP contribution is 2.39. The predicted octanol–water partition coefficient (Wildman–Crippen LogP) is 7.77. The number of hydrogen-bond donors (Lipinski definition) is 4. The maximum atomic E-state index is 10.1. The molecule has 4 aromatic rings. The van der Waals surface area contributed by atoms with Crippen molar-refractivity contribution in [2.24, 2.45) is 0 Å². The monoisotopic (exact) mass is 600 g/mol. The lowest BCUT2D eigenvalue weighted by Gasteiger charge is -2.14. The van der Waals surface area contributed by atoms with Crippen LogP contribution in [0.25, 0.3) is 17.7 Å². The summed E-state index contributed by atoms with van der Waals surface area (Å²) in [5.41, 5.74) is 4.21. The van der Waals surface area contributed by atoms with Gasteiger partial charge in [-0.05, 0) is 47.9 Å². The van der Waals surface area contributed by atoms with Crippen molar-refractivity contribution in [3.8, 4) is 46.0 Å². The molecular weight excluding hydrogens is 560 g/mol. The van der Waals surface area contributed by atoms with Gasteiger partial charge in [-0.15, -0.1) is 0 Å². The van der Waals surface area contributed by atoms with Gasteiger partial charge in [0.25, 0.3) is 0 Å². The van der Waals surface area contributed by atoms with E-state index in [-0.39, 0.29) is 17.2 Å². The first-order valence-electron chi connectivity index (χ1n) is 13.4. The number of aryl methyl sites for hydroxylation is 1. The summed E-state index contributed by atoms with van der Waals surface area (Å²) in [6, 6.07) is 19.0. The van der Waals surface area contributed by atoms with Crippen molar-refractivity contribution in [3.63, 3.8) is 0 Å². The second-order valence-corrected chi connectivity index (χ2v) is 9.29. The zero-order valence-corrected chi connectivity index (χ0v) is 25.8. The Morgan fingerprint density at radius 3 is 1.86 bits per heavy atom. The first-order chi connectivity index (χ1) is 21.1. The predicted molar refractivity (Wildman–Crippen MR) is 176 cm³/mol. The van der Waals surface area contributed by atoms with E-state index < -0.39 is 0 Å². The van der Waals surface area contributed by atoms with Crippen LogP contribution in [0.3, 0.4) is 0 Å². The molecule has 8 heteroatoms. The number of rotatable bonds is 9. The largest absolute Gasteiger partial charge is 0.508 e. The Hall–Kier alpha value is -5.50. The van der Waals surface area contributed by atoms with Gasteiger partial charge in [0.1, 0.15) is 23.0 Å². The smallest absolute Gasteiger partial charge is 0.171 e. The quantitative estimate of drug-likeness (QED) is 0.154. The summed E-state index contributed by atoms with van der Waals surface area (Å²) in [5.74, 6) is 2.78. The van der Waals surface area contributed by atoms with Gasteiger partial charge in [-0.1, -0.05) is 68.3 Å². The average Bonchev–Trinajstić information content (AvgIpc) is 3.03. The van der Waals surface area contributed by atoms with Gasteiger partial charge in [0, 0.05) is 23.6 Å². The van der Waals surface area contributed by atoms with Gasteiger partial charge in [-0.2, -0.15) is 0 Å². The zero-order chi connectivity index (χ0) is 32.8. The first-order valence-corrected chi connectivity index (χ1v) is 13.4. The standard InChI is InChI=1S/C17H18O4.C10H12O3.C9H10O/c1-11(8-12-6-4-5-7-14(12)18)13-9-16(20-2)17(21-3)10-15(13)19;1-4-7-8(11)5-6-9(12-2)10(7)13-3;1-3-8-6-4-5-7(2)9(8)10/h4-7,9-10,18-19H,1,8H2,2-3H3;4-6,11H,1H2,2-3H3;3-6,10H,1H2,2H3. The molecule has 8 nitrogen and oxygen atoms in total. The van der Waals surface area contributed by atoms with Crippen LogP contribution < -0.4 is 18.9 Å². The highest BCUT2D eigenvalue weighted by Gasteiger charge is 2.14. The third kappa shape index (κ3) is 8.75. The van der Waals surface area contributed by atoms with Crippen LogP contribution in [0, 0.1) is 6.92 Å². The Morgan fingerprint density at radius 2 is 1.32 bits per heavy atom. The van der Waals surface area contributed by atoms with E-state index in [9.17, 15) is 20.4 Å². The summed E-state index contributed by atoms with van der Waals surface area (Å²) >= 11 is 0. The van der Waals surface area contributed by atoms with Crippen LogP contribution in [0.5, 0.6) is 46.0 Å². The van der Waals surface area contributed by atoms with Crippen LogP contribution in [0.1, 0.15) is 27.8 Å². The van der Waals surface area contributed by atoms with E-state index in [2.05, 4.69) is 19.7 Å². The minimum absolute atomic E-state index is 0.0630. The molecule has 0 bridgehead atoms. The minimum atomic E-state index is 0.0630. The fourth-order valence-electron chi connectivity index (χ4n) is 4.12. The lowest BCUT2D eigenvalue weighted by Crippen LogP contribution is -1.95. The SMILES string of the molecule is C=C(Cc1ccccc1O)c1cc(OC)c(OC)cc1O.C=Cc1c(O)ccc(OC)c1OC.C=Cc1cccc(C)c1O. The van der Waals surface area contributed by atoms with Crippen molar-refractivity contribution < 1.29 is 39.4 Å². The van der Waals surface area contributed by atoms with Crippen LogP contribution in [0.2, 0.25) is 0 Å². The Labute approximate surface area is 259 Å². The topological polar surface area (TPSA) is 118 Å². The number of para-hydroxylation sites is 2. The number of phenolic OH excluding ortho intramolecular Hbond substituents is 4. The third-order valence-corrected chi connectivity index (χ3v) is 6.53. The van der Waals surface area contributed by atoms with E-state index in [0.29, 0.717) is 51.9 Å². The third-order valence-electron chi connectivity index (χ3n) is 6.53. The minimum Gasteiger partial charge on any atom is -0.508 e. The summed E-state index contributed by atoms with van der Waals surface area (Å²) in [6.45, 7) is 13.0. The molecule has 0 amide bonds.